The van der Waals surface area contributed by atoms with Gasteiger partial charge in [-0.1, -0.05) is 6.92 Å². The van der Waals surface area contributed by atoms with Gasteiger partial charge >= 0.3 is 6.18 Å². The lowest BCUT2D eigenvalue weighted by Gasteiger charge is -2.23. The molecule has 1 aromatic rings. The van der Waals surface area contributed by atoms with Crippen molar-refractivity contribution < 1.29 is 18.0 Å². The van der Waals surface area contributed by atoms with E-state index in [9.17, 15) is 18.0 Å². The highest BCUT2D eigenvalue weighted by Gasteiger charge is 2.32. The molecular formula is C13H17F3N2O. The Bertz CT molecular complexity index is 415. The third-order valence-electron chi connectivity index (χ3n) is 2.57. The largest absolute Gasteiger partial charge is 0.406 e. The molecule has 0 atom stereocenters. The van der Waals surface area contributed by atoms with E-state index in [1.54, 1.807) is 26.1 Å². The van der Waals surface area contributed by atoms with Gasteiger partial charge in [0.15, 0.2) is 0 Å². The molecule has 0 aliphatic carbocycles. The zero-order valence-electron chi connectivity index (χ0n) is 10.9. The maximum atomic E-state index is 12.4. The lowest BCUT2D eigenvalue weighted by Crippen LogP contribution is -2.39. The average molecular weight is 274 g/mol. The maximum Gasteiger partial charge on any atom is 0.406 e. The molecule has 0 unspecified atom stereocenters. The lowest BCUT2D eigenvalue weighted by atomic mass is 10.1. The van der Waals surface area contributed by atoms with E-state index >= 15 is 0 Å². The Labute approximate surface area is 110 Å². The number of rotatable bonds is 5. The Kier molecular flexibility index (Phi) is 5.20. The summed E-state index contributed by atoms with van der Waals surface area (Å²) in [6.45, 7) is 0.611. The number of alkyl halides is 3. The number of hydrogen-bond acceptors (Lipinski definition) is 2. The van der Waals surface area contributed by atoms with Crippen molar-refractivity contribution in [2.24, 2.45) is 0 Å². The number of carbonyl (C=O) groups excluding carboxylic acids is 1. The van der Waals surface area contributed by atoms with Crippen LogP contribution in [0.15, 0.2) is 24.3 Å². The zero-order valence-corrected chi connectivity index (χ0v) is 10.9. The van der Waals surface area contributed by atoms with Crippen molar-refractivity contribution in [1.82, 2.24) is 4.90 Å². The fraction of sp³-hybridized carbons (Fsp3) is 0.462. The van der Waals surface area contributed by atoms with Crippen molar-refractivity contribution >= 4 is 11.6 Å². The summed E-state index contributed by atoms with van der Waals surface area (Å²) in [6.07, 6.45) is -3.90. The Morgan fingerprint density at radius 3 is 2.26 bits per heavy atom. The first-order valence-corrected chi connectivity index (χ1v) is 6.01. The first-order valence-electron chi connectivity index (χ1n) is 6.01. The van der Waals surface area contributed by atoms with Crippen LogP contribution in [0.4, 0.5) is 18.9 Å². The predicted molar refractivity (Wildman–Crippen MR) is 68.2 cm³/mol. The standard InChI is InChI=1S/C13H17F3N2O/c1-3-8-18(9-13(14,15)16)12(19)10-4-6-11(17-2)7-5-10/h4-7,17H,3,8-9H2,1-2H3. The Morgan fingerprint density at radius 1 is 1.26 bits per heavy atom. The van der Waals surface area contributed by atoms with Gasteiger partial charge in [0.2, 0.25) is 0 Å². The van der Waals surface area contributed by atoms with E-state index in [-0.39, 0.29) is 12.1 Å². The highest BCUT2D eigenvalue weighted by atomic mass is 19.4. The zero-order chi connectivity index (χ0) is 14.5. The van der Waals surface area contributed by atoms with E-state index in [0.29, 0.717) is 6.42 Å². The summed E-state index contributed by atoms with van der Waals surface area (Å²) >= 11 is 0. The summed E-state index contributed by atoms with van der Waals surface area (Å²) in [4.78, 5) is 12.8. The molecular weight excluding hydrogens is 257 g/mol. The molecule has 19 heavy (non-hydrogen) atoms. The maximum absolute atomic E-state index is 12.4. The summed E-state index contributed by atoms with van der Waals surface area (Å²) in [5.41, 5.74) is 1.06. The van der Waals surface area contributed by atoms with Crippen molar-refractivity contribution in [3.8, 4) is 0 Å². The van der Waals surface area contributed by atoms with E-state index < -0.39 is 18.6 Å². The number of benzene rings is 1. The van der Waals surface area contributed by atoms with E-state index in [2.05, 4.69) is 5.32 Å². The predicted octanol–water partition coefficient (Wildman–Crippen LogP) is 3.14. The van der Waals surface area contributed by atoms with Crippen molar-refractivity contribution in [1.29, 1.82) is 0 Å². The molecule has 0 spiro atoms. The minimum Gasteiger partial charge on any atom is -0.388 e. The van der Waals surface area contributed by atoms with Crippen LogP contribution in [0.2, 0.25) is 0 Å². The molecule has 0 aromatic heterocycles. The molecule has 0 radical (unpaired) electrons. The van der Waals surface area contributed by atoms with Gasteiger partial charge in [0.1, 0.15) is 6.54 Å². The van der Waals surface area contributed by atoms with Gasteiger partial charge in [-0.05, 0) is 30.7 Å². The molecule has 6 heteroatoms. The van der Waals surface area contributed by atoms with Gasteiger partial charge in [-0.25, -0.2) is 0 Å². The molecule has 3 nitrogen and oxygen atoms in total. The highest BCUT2D eigenvalue weighted by molar-refractivity contribution is 5.94. The van der Waals surface area contributed by atoms with E-state index in [0.717, 1.165) is 10.6 Å². The summed E-state index contributed by atoms with van der Waals surface area (Å²) in [7, 11) is 1.73. The second-order valence-electron chi connectivity index (χ2n) is 4.17. The summed E-state index contributed by atoms with van der Waals surface area (Å²) in [5.74, 6) is -0.596. The Balaban J connectivity index is 2.85. The third-order valence-corrected chi connectivity index (χ3v) is 2.57. The summed E-state index contributed by atoms with van der Waals surface area (Å²) in [5, 5.41) is 2.88. The number of nitrogens with one attached hydrogen (secondary N) is 1. The van der Waals surface area contributed by atoms with Crippen molar-refractivity contribution in [3.63, 3.8) is 0 Å². The molecule has 1 rings (SSSR count). The fourth-order valence-corrected chi connectivity index (χ4v) is 1.70. The molecule has 0 heterocycles. The second kappa shape index (κ2) is 6.45. The molecule has 0 aliphatic rings. The summed E-state index contributed by atoms with van der Waals surface area (Å²) in [6, 6.07) is 6.36. The topological polar surface area (TPSA) is 32.3 Å². The fourth-order valence-electron chi connectivity index (χ4n) is 1.70. The van der Waals surface area contributed by atoms with E-state index in [4.69, 9.17) is 0 Å². The van der Waals surface area contributed by atoms with Crippen LogP contribution in [-0.4, -0.2) is 37.1 Å². The van der Waals surface area contributed by atoms with Crippen LogP contribution in [0.25, 0.3) is 0 Å². The first-order chi connectivity index (χ1) is 8.87. The molecule has 0 bridgehead atoms. The van der Waals surface area contributed by atoms with Crippen molar-refractivity contribution in [3.05, 3.63) is 29.8 Å². The van der Waals surface area contributed by atoms with Gasteiger partial charge in [-0.3, -0.25) is 4.79 Å². The number of amides is 1. The van der Waals surface area contributed by atoms with Gasteiger partial charge < -0.3 is 10.2 Å². The van der Waals surface area contributed by atoms with Gasteiger partial charge in [-0.2, -0.15) is 13.2 Å². The van der Waals surface area contributed by atoms with Crippen LogP contribution in [0.3, 0.4) is 0 Å². The van der Waals surface area contributed by atoms with Gasteiger partial charge in [0.05, 0.1) is 0 Å². The minimum atomic E-state index is -4.38. The summed E-state index contributed by atoms with van der Waals surface area (Å²) < 4.78 is 37.3. The minimum absolute atomic E-state index is 0.0894. The van der Waals surface area contributed by atoms with Crippen LogP contribution in [0.1, 0.15) is 23.7 Å². The van der Waals surface area contributed by atoms with Crippen LogP contribution in [-0.2, 0) is 0 Å². The van der Waals surface area contributed by atoms with E-state index in [1.807, 2.05) is 0 Å². The normalized spacial score (nSPS) is 11.2. The Hall–Kier alpha value is -1.72. The Morgan fingerprint density at radius 2 is 1.84 bits per heavy atom. The number of carbonyl (C=O) groups is 1. The number of nitrogens with zero attached hydrogens (tertiary/aromatic N) is 1. The molecule has 0 aliphatic heterocycles. The van der Waals surface area contributed by atoms with Crippen LogP contribution in [0.5, 0.6) is 0 Å². The average Bonchev–Trinajstić information content (AvgIpc) is 2.36. The SMILES string of the molecule is CCCN(CC(F)(F)F)C(=O)c1ccc(NC)cc1. The monoisotopic (exact) mass is 274 g/mol. The smallest absolute Gasteiger partial charge is 0.388 e. The quantitative estimate of drug-likeness (QED) is 0.894. The van der Waals surface area contributed by atoms with Gasteiger partial charge in [0, 0.05) is 24.8 Å². The highest BCUT2D eigenvalue weighted by Crippen LogP contribution is 2.19. The van der Waals surface area contributed by atoms with E-state index in [1.165, 1.54) is 12.1 Å². The molecule has 1 aromatic carbocycles. The molecule has 106 valence electrons. The number of halogens is 3. The molecule has 0 saturated carbocycles. The molecule has 1 amide bonds. The molecule has 0 fully saturated rings. The van der Waals surface area contributed by atoms with Crippen LogP contribution in [0, 0.1) is 0 Å². The van der Waals surface area contributed by atoms with Crippen LogP contribution >= 0.6 is 0 Å². The number of hydrogen-bond donors (Lipinski definition) is 1. The molecule has 1 N–H and O–H groups in total. The number of anilines is 1. The van der Waals surface area contributed by atoms with Crippen molar-refractivity contribution in [2.45, 2.75) is 19.5 Å². The lowest BCUT2D eigenvalue weighted by molar-refractivity contribution is -0.140. The molecule has 0 saturated heterocycles. The first kappa shape index (κ1) is 15.3. The van der Waals surface area contributed by atoms with Gasteiger partial charge in [-0.15, -0.1) is 0 Å². The van der Waals surface area contributed by atoms with Crippen molar-refractivity contribution in [2.75, 3.05) is 25.5 Å². The third kappa shape index (κ3) is 4.81. The van der Waals surface area contributed by atoms with Crippen LogP contribution < -0.4 is 5.32 Å². The second-order valence-corrected chi connectivity index (χ2v) is 4.17. The van der Waals surface area contributed by atoms with Gasteiger partial charge in [0.25, 0.3) is 5.91 Å².